The molecule has 0 radical (unpaired) electrons. The first-order valence-electron chi connectivity index (χ1n) is 21.8. The summed E-state index contributed by atoms with van der Waals surface area (Å²) < 4.78 is 32.7. The molecule has 0 saturated heterocycles. The second kappa shape index (κ2) is 42.0. The van der Waals surface area contributed by atoms with Gasteiger partial charge in [0.15, 0.2) is 6.10 Å². The molecule has 0 heterocycles. The third-order valence-corrected chi connectivity index (χ3v) is 9.59. The molecule has 0 aliphatic rings. The molecule has 330 valence electrons. The van der Waals surface area contributed by atoms with Gasteiger partial charge >= 0.3 is 19.8 Å². The summed E-state index contributed by atoms with van der Waals surface area (Å²) in [6.07, 6.45) is 51.0. The van der Waals surface area contributed by atoms with Crippen LogP contribution in [0, 0.1) is 0 Å². The van der Waals surface area contributed by atoms with Crippen LogP contribution >= 0.6 is 7.82 Å². The molecule has 0 saturated carbocycles. The third-order valence-electron chi connectivity index (χ3n) is 8.61. The van der Waals surface area contributed by atoms with Crippen LogP contribution in [0.3, 0.4) is 0 Å². The molecular weight excluding hydrogens is 753 g/mol. The van der Waals surface area contributed by atoms with Gasteiger partial charge in [-0.1, -0.05) is 130 Å². The number of esters is 2. The van der Waals surface area contributed by atoms with Crippen LogP contribution in [0.5, 0.6) is 0 Å². The molecule has 4 N–H and O–H groups in total. The molecule has 0 amide bonds. The first-order valence-corrected chi connectivity index (χ1v) is 23.3. The van der Waals surface area contributed by atoms with Gasteiger partial charge in [-0.15, -0.1) is 0 Å². The Hall–Kier alpha value is -3.11. The zero-order chi connectivity index (χ0) is 42.6. The lowest BCUT2D eigenvalue weighted by atomic mass is 10.1. The first-order chi connectivity index (χ1) is 28.2. The molecule has 58 heavy (non-hydrogen) atoms. The summed E-state index contributed by atoms with van der Waals surface area (Å²) in [5, 5.41) is 9.56. The van der Waals surface area contributed by atoms with E-state index < -0.39 is 32.5 Å². The van der Waals surface area contributed by atoms with Crippen molar-refractivity contribution >= 4 is 19.8 Å². The highest BCUT2D eigenvalue weighted by molar-refractivity contribution is 7.47. The van der Waals surface area contributed by atoms with E-state index in [0.717, 1.165) is 77.0 Å². The summed E-state index contributed by atoms with van der Waals surface area (Å²) in [5.74, 6) is -0.960. The van der Waals surface area contributed by atoms with Crippen molar-refractivity contribution in [2.24, 2.45) is 5.73 Å². The molecule has 0 rings (SSSR count). The number of phosphoric acid groups is 1. The molecule has 11 heteroatoms. The van der Waals surface area contributed by atoms with E-state index in [9.17, 15) is 24.2 Å². The number of aliphatic hydroxyl groups excluding tert-OH is 1. The Labute approximate surface area is 351 Å². The van der Waals surface area contributed by atoms with Gasteiger partial charge in [0.1, 0.15) is 6.61 Å². The van der Waals surface area contributed by atoms with Gasteiger partial charge < -0.3 is 25.2 Å². The second-order valence-corrected chi connectivity index (χ2v) is 15.4. The number of aliphatic hydroxyl groups is 1. The minimum absolute atomic E-state index is 0.0287. The summed E-state index contributed by atoms with van der Waals surface area (Å²) in [7, 11) is -4.41. The zero-order valence-electron chi connectivity index (χ0n) is 35.8. The molecule has 0 aliphatic carbocycles. The summed E-state index contributed by atoms with van der Waals surface area (Å²) in [4.78, 5) is 34.8. The summed E-state index contributed by atoms with van der Waals surface area (Å²) in [6, 6.07) is 0. The van der Waals surface area contributed by atoms with Crippen LogP contribution in [0.1, 0.15) is 149 Å². The number of carbonyl (C=O) groups excluding carboxylic acids is 2. The van der Waals surface area contributed by atoms with Crippen LogP contribution in [0.4, 0.5) is 0 Å². The number of carbonyl (C=O) groups is 2. The quantitative estimate of drug-likeness (QED) is 0.0236. The highest BCUT2D eigenvalue weighted by Crippen LogP contribution is 2.43. The van der Waals surface area contributed by atoms with E-state index in [4.69, 9.17) is 24.3 Å². The van der Waals surface area contributed by atoms with Crippen molar-refractivity contribution in [2.45, 2.75) is 161 Å². The van der Waals surface area contributed by atoms with Crippen molar-refractivity contribution in [2.75, 3.05) is 26.4 Å². The van der Waals surface area contributed by atoms with Gasteiger partial charge in [-0.2, -0.15) is 0 Å². The van der Waals surface area contributed by atoms with E-state index in [1.165, 1.54) is 25.7 Å². The van der Waals surface area contributed by atoms with Crippen molar-refractivity contribution < 1.29 is 42.7 Å². The minimum atomic E-state index is -4.41. The fourth-order valence-corrected chi connectivity index (χ4v) is 5.94. The Morgan fingerprint density at radius 1 is 0.586 bits per heavy atom. The number of ether oxygens (including phenoxy) is 2. The highest BCUT2D eigenvalue weighted by Gasteiger charge is 2.25. The molecule has 0 fully saturated rings. The van der Waals surface area contributed by atoms with Gasteiger partial charge in [-0.05, 0) is 103 Å². The fourth-order valence-electron chi connectivity index (χ4n) is 5.18. The first kappa shape index (κ1) is 54.9. The van der Waals surface area contributed by atoms with Gasteiger partial charge in [-0.3, -0.25) is 18.6 Å². The minimum Gasteiger partial charge on any atom is -0.462 e. The Bertz CT molecular complexity index is 1280. The largest absolute Gasteiger partial charge is 0.472 e. The zero-order valence-corrected chi connectivity index (χ0v) is 36.7. The van der Waals surface area contributed by atoms with E-state index in [1.54, 1.807) is 0 Å². The Kier molecular flexibility index (Phi) is 39.8. The number of hydrogen-bond acceptors (Lipinski definition) is 9. The lowest BCUT2D eigenvalue weighted by molar-refractivity contribution is -0.161. The van der Waals surface area contributed by atoms with Gasteiger partial charge in [-0.25, -0.2) is 4.57 Å². The number of hydrogen-bond donors (Lipinski definition) is 3. The lowest BCUT2D eigenvalue weighted by Gasteiger charge is -2.19. The average Bonchev–Trinajstić information content (AvgIpc) is 3.21. The molecule has 0 aromatic heterocycles. The van der Waals surface area contributed by atoms with Crippen molar-refractivity contribution in [1.29, 1.82) is 0 Å². The predicted octanol–water partition coefficient (Wildman–Crippen LogP) is 11.6. The maximum atomic E-state index is 12.6. The topological polar surface area (TPSA) is 155 Å². The molecule has 10 nitrogen and oxygen atoms in total. The molecule has 0 spiro atoms. The summed E-state index contributed by atoms with van der Waals surface area (Å²) in [5.41, 5.74) is 5.34. The van der Waals surface area contributed by atoms with Crippen molar-refractivity contribution in [3.63, 3.8) is 0 Å². The van der Waals surface area contributed by atoms with Gasteiger partial charge in [0, 0.05) is 19.4 Å². The third kappa shape index (κ3) is 41.1. The Balaban J connectivity index is 4.35. The molecule has 0 aliphatic heterocycles. The molecule has 0 bridgehead atoms. The fraction of sp³-hybridized carbons (Fsp3) is 0.617. The van der Waals surface area contributed by atoms with E-state index in [1.807, 2.05) is 19.1 Å². The monoisotopic (exact) mass is 832 g/mol. The second-order valence-electron chi connectivity index (χ2n) is 14.0. The van der Waals surface area contributed by atoms with Crippen LogP contribution in [0.2, 0.25) is 0 Å². The Morgan fingerprint density at radius 3 is 1.55 bits per heavy atom. The lowest BCUT2D eigenvalue weighted by Crippen LogP contribution is -2.29. The maximum Gasteiger partial charge on any atom is 0.472 e. The molecule has 0 aromatic carbocycles. The van der Waals surface area contributed by atoms with E-state index >= 15 is 0 Å². The smallest absolute Gasteiger partial charge is 0.462 e. The van der Waals surface area contributed by atoms with Crippen LogP contribution in [0.15, 0.2) is 97.2 Å². The highest BCUT2D eigenvalue weighted by atomic mass is 31.2. The molecule has 3 atom stereocenters. The number of nitrogens with two attached hydrogens (primary N) is 1. The van der Waals surface area contributed by atoms with Crippen molar-refractivity contribution in [1.82, 2.24) is 0 Å². The summed E-state index contributed by atoms with van der Waals surface area (Å²) >= 11 is 0. The normalized spacial score (nSPS) is 14.8. The van der Waals surface area contributed by atoms with E-state index in [2.05, 4.69) is 92.0 Å². The van der Waals surface area contributed by atoms with E-state index in [-0.39, 0.29) is 38.7 Å². The van der Waals surface area contributed by atoms with Crippen molar-refractivity contribution in [3.05, 3.63) is 97.2 Å². The van der Waals surface area contributed by atoms with Crippen molar-refractivity contribution in [3.8, 4) is 0 Å². The van der Waals surface area contributed by atoms with E-state index in [0.29, 0.717) is 19.3 Å². The van der Waals surface area contributed by atoms with Crippen LogP contribution in [-0.2, 0) is 32.7 Å². The van der Waals surface area contributed by atoms with Crippen LogP contribution < -0.4 is 5.73 Å². The molecule has 0 aromatic rings. The Morgan fingerprint density at radius 2 is 1.05 bits per heavy atom. The predicted molar refractivity (Wildman–Crippen MR) is 239 cm³/mol. The average molecular weight is 832 g/mol. The summed E-state index contributed by atoms with van der Waals surface area (Å²) in [6.45, 7) is 3.28. The van der Waals surface area contributed by atoms with Gasteiger partial charge in [0.25, 0.3) is 0 Å². The molecule has 1 unspecified atom stereocenters. The van der Waals surface area contributed by atoms with Crippen LogP contribution in [-0.4, -0.2) is 60.5 Å². The number of unbranched alkanes of at least 4 members (excludes halogenated alkanes) is 7. The molecular formula is C47H78NO9P. The van der Waals surface area contributed by atoms with Gasteiger partial charge in [0.2, 0.25) is 0 Å². The van der Waals surface area contributed by atoms with Gasteiger partial charge in [0.05, 0.1) is 19.3 Å². The number of phosphoric ester groups is 1. The van der Waals surface area contributed by atoms with Crippen LogP contribution in [0.25, 0.3) is 0 Å². The number of allylic oxidation sites excluding steroid dienone is 16. The maximum absolute atomic E-state index is 12.6. The SMILES string of the molecule is CCCCC/C=C\C/C=C\C/C=C\C/C=C\CCCCCC(=O)OC[C@H](COP(=O)(O)OCCN)OC(=O)CCC/C=C\C/C=C\C/C=C\C/C=C\CC[C@H](O)CC. The number of rotatable bonds is 39. The standard InChI is InChI=1S/C47H78NO9P/c1-3-5-6-7-8-9-10-11-12-13-14-15-16-20-23-26-29-32-35-38-46(50)54-42-45(43-56-58(52,53)55-41-40-48)57-47(51)39-36-33-30-27-24-21-18-17-19-22-25-28-31-34-37-44(49)4-2/h8-9,11-12,14-15,18-23,27-28,30-31,44-45,49H,3-7,10,13,16-17,24-26,29,32-43,48H2,1-2H3,(H,52,53)/b9-8-,12-11-,15-14-,21-18-,22-19-,23-20-,30-27-,31-28-/t44-,45-/m1/s1.